The predicted molar refractivity (Wildman–Crippen MR) is 75.2 cm³/mol. The van der Waals surface area contributed by atoms with E-state index >= 15 is 0 Å². The number of amides is 1. The molecule has 1 aromatic carbocycles. The molecule has 2 nitrogen and oxygen atoms in total. The van der Waals surface area contributed by atoms with Gasteiger partial charge in [-0.15, -0.1) is 23.4 Å². The second kappa shape index (κ2) is 5.14. The highest BCUT2D eigenvalue weighted by Gasteiger charge is 2.34. The van der Waals surface area contributed by atoms with E-state index in [2.05, 4.69) is 12.1 Å². The number of hydrogen-bond donors (Lipinski definition) is 0. The van der Waals surface area contributed by atoms with Crippen LogP contribution in [-0.4, -0.2) is 35.0 Å². The third-order valence-corrected chi connectivity index (χ3v) is 5.48. The third-order valence-electron chi connectivity index (χ3n) is 3.74. The molecule has 3 rings (SSSR count). The molecule has 0 saturated carbocycles. The number of likely N-dealkylation sites (tertiary alicyclic amines) is 1. The van der Waals surface area contributed by atoms with Crippen LogP contribution in [-0.2, 0) is 11.2 Å². The molecule has 0 aromatic heterocycles. The first-order valence-electron chi connectivity index (χ1n) is 6.37. The van der Waals surface area contributed by atoms with Crippen molar-refractivity contribution in [1.82, 2.24) is 4.90 Å². The standard InChI is InChI=1S/C14H16ClNOS/c15-8-10-5-6-16(9-10)14(17)13-7-11-3-1-2-4-12(11)18-13/h1-4,10,13H,5-9H2. The number of thioether (sulfide) groups is 1. The summed E-state index contributed by atoms with van der Waals surface area (Å²) in [4.78, 5) is 15.7. The fourth-order valence-electron chi connectivity index (χ4n) is 2.68. The molecule has 4 heteroatoms. The second-order valence-corrected chi connectivity index (χ2v) is 6.56. The van der Waals surface area contributed by atoms with E-state index in [0.717, 1.165) is 25.9 Å². The lowest BCUT2D eigenvalue weighted by atomic mass is 10.1. The van der Waals surface area contributed by atoms with Crippen molar-refractivity contribution >= 4 is 29.3 Å². The molecule has 0 aliphatic carbocycles. The molecule has 1 amide bonds. The van der Waals surface area contributed by atoms with Crippen LogP contribution in [0.15, 0.2) is 29.2 Å². The number of benzene rings is 1. The molecule has 2 aliphatic heterocycles. The molecule has 0 spiro atoms. The van der Waals surface area contributed by atoms with Gasteiger partial charge in [0.15, 0.2) is 0 Å². The zero-order chi connectivity index (χ0) is 12.5. The van der Waals surface area contributed by atoms with Crippen LogP contribution in [0.5, 0.6) is 0 Å². The predicted octanol–water partition coefficient (Wildman–Crippen LogP) is 2.79. The van der Waals surface area contributed by atoms with E-state index in [4.69, 9.17) is 11.6 Å². The Morgan fingerprint density at radius 2 is 2.28 bits per heavy atom. The number of alkyl halides is 1. The van der Waals surface area contributed by atoms with Crippen LogP contribution in [0.1, 0.15) is 12.0 Å². The summed E-state index contributed by atoms with van der Waals surface area (Å²) in [5.74, 6) is 1.45. The van der Waals surface area contributed by atoms with Gasteiger partial charge in [-0.3, -0.25) is 4.79 Å². The van der Waals surface area contributed by atoms with E-state index in [1.165, 1.54) is 10.5 Å². The van der Waals surface area contributed by atoms with Crippen LogP contribution in [0, 0.1) is 5.92 Å². The number of hydrogen-bond acceptors (Lipinski definition) is 2. The number of halogens is 1. The molecule has 0 bridgehead atoms. The largest absolute Gasteiger partial charge is 0.341 e. The van der Waals surface area contributed by atoms with E-state index in [1.54, 1.807) is 11.8 Å². The fourth-order valence-corrected chi connectivity index (χ4v) is 4.21. The summed E-state index contributed by atoms with van der Waals surface area (Å²) in [5.41, 5.74) is 1.31. The van der Waals surface area contributed by atoms with Crippen LogP contribution in [0.25, 0.3) is 0 Å². The molecule has 2 aliphatic rings. The SMILES string of the molecule is O=C(C1Cc2ccccc2S1)N1CCC(CCl)C1. The van der Waals surface area contributed by atoms with Crippen molar-refractivity contribution in [2.45, 2.75) is 23.0 Å². The zero-order valence-electron chi connectivity index (χ0n) is 10.1. The van der Waals surface area contributed by atoms with Gasteiger partial charge in [0.25, 0.3) is 0 Å². The lowest BCUT2D eigenvalue weighted by Gasteiger charge is -2.19. The van der Waals surface area contributed by atoms with Gasteiger partial charge in [-0.05, 0) is 30.4 Å². The molecule has 1 saturated heterocycles. The smallest absolute Gasteiger partial charge is 0.236 e. The first-order valence-corrected chi connectivity index (χ1v) is 7.78. The molecule has 0 radical (unpaired) electrons. The Morgan fingerprint density at radius 3 is 3.00 bits per heavy atom. The molecule has 2 atom stereocenters. The fraction of sp³-hybridized carbons (Fsp3) is 0.500. The van der Waals surface area contributed by atoms with Gasteiger partial charge in [0.2, 0.25) is 5.91 Å². The maximum atomic E-state index is 12.4. The first kappa shape index (κ1) is 12.4. The van der Waals surface area contributed by atoms with Crippen molar-refractivity contribution in [3.63, 3.8) is 0 Å². The van der Waals surface area contributed by atoms with Crippen molar-refractivity contribution < 1.29 is 4.79 Å². The summed E-state index contributed by atoms with van der Waals surface area (Å²) in [5, 5.41) is 0.0801. The van der Waals surface area contributed by atoms with E-state index in [1.807, 2.05) is 17.0 Å². The normalized spacial score (nSPS) is 26.4. The minimum atomic E-state index is 0.0801. The van der Waals surface area contributed by atoms with E-state index in [9.17, 15) is 4.79 Å². The summed E-state index contributed by atoms with van der Waals surface area (Å²) in [7, 11) is 0. The number of carbonyl (C=O) groups excluding carboxylic acids is 1. The Balaban J connectivity index is 1.66. The Bertz CT molecular complexity index is 440. The van der Waals surface area contributed by atoms with Crippen molar-refractivity contribution in [3.8, 4) is 0 Å². The lowest BCUT2D eigenvalue weighted by Crippen LogP contribution is -2.36. The third kappa shape index (κ3) is 2.26. The summed E-state index contributed by atoms with van der Waals surface area (Å²) in [6, 6.07) is 8.32. The second-order valence-electron chi connectivity index (χ2n) is 5.01. The maximum absolute atomic E-state index is 12.4. The number of carbonyl (C=O) groups is 1. The summed E-state index contributed by atoms with van der Waals surface area (Å²) in [6.45, 7) is 1.72. The van der Waals surface area contributed by atoms with E-state index in [0.29, 0.717) is 17.7 Å². The van der Waals surface area contributed by atoms with E-state index in [-0.39, 0.29) is 5.25 Å². The maximum Gasteiger partial charge on any atom is 0.236 e. The Labute approximate surface area is 117 Å². The van der Waals surface area contributed by atoms with Crippen LogP contribution < -0.4 is 0 Å². The van der Waals surface area contributed by atoms with Gasteiger partial charge in [-0.2, -0.15) is 0 Å². The molecular weight excluding hydrogens is 266 g/mol. The average Bonchev–Trinajstić information content (AvgIpc) is 3.04. The monoisotopic (exact) mass is 281 g/mol. The molecule has 96 valence electrons. The van der Waals surface area contributed by atoms with Crippen molar-refractivity contribution in [3.05, 3.63) is 29.8 Å². The van der Waals surface area contributed by atoms with Gasteiger partial charge in [0.05, 0.1) is 5.25 Å². The topological polar surface area (TPSA) is 20.3 Å². The van der Waals surface area contributed by atoms with Gasteiger partial charge >= 0.3 is 0 Å². The van der Waals surface area contributed by atoms with Crippen molar-refractivity contribution in [2.75, 3.05) is 19.0 Å². The molecule has 18 heavy (non-hydrogen) atoms. The van der Waals surface area contributed by atoms with E-state index < -0.39 is 0 Å². The number of rotatable bonds is 2. The van der Waals surface area contributed by atoms with Crippen molar-refractivity contribution in [1.29, 1.82) is 0 Å². The Hall–Kier alpha value is -0.670. The van der Waals surface area contributed by atoms with Crippen LogP contribution in [0.3, 0.4) is 0 Å². The Kier molecular flexibility index (Phi) is 3.53. The van der Waals surface area contributed by atoms with Gasteiger partial charge in [0, 0.05) is 23.9 Å². The summed E-state index contributed by atoms with van der Waals surface area (Å²) < 4.78 is 0. The highest BCUT2D eigenvalue weighted by Crippen LogP contribution is 2.38. The number of nitrogens with zero attached hydrogens (tertiary/aromatic N) is 1. The van der Waals surface area contributed by atoms with Crippen molar-refractivity contribution in [2.24, 2.45) is 5.92 Å². The highest BCUT2D eigenvalue weighted by molar-refractivity contribution is 8.01. The highest BCUT2D eigenvalue weighted by atomic mass is 35.5. The molecule has 1 fully saturated rings. The minimum Gasteiger partial charge on any atom is -0.341 e. The van der Waals surface area contributed by atoms with Gasteiger partial charge < -0.3 is 4.90 Å². The van der Waals surface area contributed by atoms with Gasteiger partial charge in [0.1, 0.15) is 0 Å². The zero-order valence-corrected chi connectivity index (χ0v) is 11.7. The van der Waals surface area contributed by atoms with Crippen LogP contribution in [0.4, 0.5) is 0 Å². The minimum absolute atomic E-state index is 0.0801. The first-order chi connectivity index (χ1) is 8.78. The molecule has 1 aromatic rings. The summed E-state index contributed by atoms with van der Waals surface area (Å²) >= 11 is 7.58. The Morgan fingerprint density at radius 1 is 1.44 bits per heavy atom. The number of fused-ring (bicyclic) bond motifs is 1. The molecule has 2 unspecified atom stereocenters. The molecule has 0 N–H and O–H groups in total. The average molecular weight is 282 g/mol. The summed E-state index contributed by atoms with van der Waals surface area (Å²) in [6.07, 6.45) is 1.93. The quantitative estimate of drug-likeness (QED) is 0.777. The molecule has 2 heterocycles. The van der Waals surface area contributed by atoms with Crippen LogP contribution in [0.2, 0.25) is 0 Å². The van der Waals surface area contributed by atoms with Gasteiger partial charge in [-0.1, -0.05) is 18.2 Å². The van der Waals surface area contributed by atoms with Crippen LogP contribution >= 0.6 is 23.4 Å². The lowest BCUT2D eigenvalue weighted by molar-refractivity contribution is -0.129. The van der Waals surface area contributed by atoms with Gasteiger partial charge in [-0.25, -0.2) is 0 Å². The molecular formula is C14H16ClNOS.